The largest absolute Gasteiger partial charge is 0.399 e. The van der Waals surface area contributed by atoms with Crippen molar-refractivity contribution >= 4 is 5.69 Å². The number of rotatable bonds is 3. The number of benzene rings is 2. The normalized spacial score (nSPS) is 19.4. The number of nitrogen functional groups attached to an aromatic ring is 1. The third-order valence-corrected chi connectivity index (χ3v) is 4.01. The average molecular weight is 270 g/mol. The van der Waals surface area contributed by atoms with Crippen molar-refractivity contribution in [1.29, 1.82) is 0 Å². The van der Waals surface area contributed by atoms with Crippen LogP contribution >= 0.6 is 0 Å². The summed E-state index contributed by atoms with van der Waals surface area (Å²) in [5, 5.41) is 0. The monoisotopic (exact) mass is 270 g/mol. The molecule has 2 aromatic rings. The molecule has 0 amide bonds. The second-order valence-electron chi connectivity index (χ2n) is 5.48. The van der Waals surface area contributed by atoms with Crippen LogP contribution in [-0.4, -0.2) is 18.0 Å². The molecule has 1 unspecified atom stereocenters. The molecule has 2 nitrogen and oxygen atoms in total. The van der Waals surface area contributed by atoms with Crippen LogP contribution in [-0.2, 0) is 6.54 Å². The minimum Gasteiger partial charge on any atom is -0.399 e. The zero-order valence-electron chi connectivity index (χ0n) is 11.4. The van der Waals surface area contributed by atoms with Crippen molar-refractivity contribution in [3.05, 3.63) is 65.5 Å². The molecule has 0 spiro atoms. The van der Waals surface area contributed by atoms with Crippen LogP contribution in [0.4, 0.5) is 10.1 Å². The van der Waals surface area contributed by atoms with Crippen LogP contribution in [0.2, 0.25) is 0 Å². The molecule has 1 atom stereocenters. The summed E-state index contributed by atoms with van der Waals surface area (Å²) < 4.78 is 13.8. The molecular weight excluding hydrogens is 251 g/mol. The summed E-state index contributed by atoms with van der Waals surface area (Å²) in [7, 11) is 0. The van der Waals surface area contributed by atoms with E-state index in [1.807, 2.05) is 6.07 Å². The molecule has 0 radical (unpaired) electrons. The molecule has 1 fully saturated rings. The van der Waals surface area contributed by atoms with Gasteiger partial charge in [-0.3, -0.25) is 4.90 Å². The fraction of sp³-hybridized carbons (Fsp3) is 0.294. The fourth-order valence-corrected chi connectivity index (χ4v) is 2.91. The highest BCUT2D eigenvalue weighted by Crippen LogP contribution is 2.28. The van der Waals surface area contributed by atoms with Crippen LogP contribution in [0.5, 0.6) is 0 Å². The molecule has 0 bridgehead atoms. The first kappa shape index (κ1) is 13.1. The molecule has 0 saturated carbocycles. The average Bonchev–Trinajstić information content (AvgIpc) is 2.92. The molecule has 2 aromatic carbocycles. The number of halogens is 1. The van der Waals surface area contributed by atoms with Gasteiger partial charge in [-0.25, -0.2) is 4.39 Å². The van der Waals surface area contributed by atoms with Gasteiger partial charge in [0.1, 0.15) is 5.82 Å². The first-order valence-electron chi connectivity index (χ1n) is 7.03. The number of nitrogens with zero attached hydrogens (tertiary/aromatic N) is 1. The predicted octanol–water partition coefficient (Wildman–Crippen LogP) is 3.40. The smallest absolute Gasteiger partial charge is 0.129 e. The summed E-state index contributed by atoms with van der Waals surface area (Å²) >= 11 is 0. The van der Waals surface area contributed by atoms with Crippen molar-refractivity contribution in [3.63, 3.8) is 0 Å². The highest BCUT2D eigenvalue weighted by molar-refractivity contribution is 5.40. The van der Waals surface area contributed by atoms with Gasteiger partial charge in [-0.2, -0.15) is 0 Å². The van der Waals surface area contributed by atoms with Gasteiger partial charge in [-0.05, 0) is 36.6 Å². The van der Waals surface area contributed by atoms with Crippen molar-refractivity contribution in [2.75, 3.05) is 18.8 Å². The molecule has 2 N–H and O–H groups in total. The molecule has 104 valence electrons. The van der Waals surface area contributed by atoms with E-state index in [0.717, 1.165) is 25.1 Å². The minimum absolute atomic E-state index is 0.201. The number of hydrogen-bond donors (Lipinski definition) is 1. The van der Waals surface area contributed by atoms with Gasteiger partial charge in [0.2, 0.25) is 0 Å². The third-order valence-electron chi connectivity index (χ3n) is 4.01. The first-order valence-corrected chi connectivity index (χ1v) is 7.03. The topological polar surface area (TPSA) is 29.3 Å². The fourth-order valence-electron chi connectivity index (χ4n) is 2.91. The van der Waals surface area contributed by atoms with E-state index in [2.05, 4.69) is 29.2 Å². The van der Waals surface area contributed by atoms with Crippen LogP contribution in [0.25, 0.3) is 0 Å². The Hall–Kier alpha value is -1.87. The van der Waals surface area contributed by atoms with Crippen molar-refractivity contribution in [3.8, 4) is 0 Å². The summed E-state index contributed by atoms with van der Waals surface area (Å²) in [5.74, 6) is 0.362. The standard InChI is InChI=1S/C17H19FN2/c18-17-10-16(19)7-6-15(17)12-20-9-8-14(11-20)13-4-2-1-3-5-13/h1-7,10,14H,8-9,11-12,19H2. The number of hydrogen-bond acceptors (Lipinski definition) is 2. The molecule has 1 aliphatic rings. The molecule has 1 heterocycles. The Balaban J connectivity index is 1.66. The first-order chi connectivity index (χ1) is 9.72. The highest BCUT2D eigenvalue weighted by Gasteiger charge is 2.24. The Kier molecular flexibility index (Phi) is 3.70. The third kappa shape index (κ3) is 2.83. The van der Waals surface area contributed by atoms with Crippen molar-refractivity contribution in [2.45, 2.75) is 18.9 Å². The zero-order valence-corrected chi connectivity index (χ0v) is 11.4. The Bertz CT molecular complexity index is 583. The molecule has 3 heteroatoms. The van der Waals surface area contributed by atoms with Gasteiger partial charge in [0.15, 0.2) is 0 Å². The maximum Gasteiger partial charge on any atom is 0.129 e. The lowest BCUT2D eigenvalue weighted by atomic mass is 9.99. The summed E-state index contributed by atoms with van der Waals surface area (Å²) in [6.45, 7) is 2.67. The zero-order chi connectivity index (χ0) is 13.9. The van der Waals surface area contributed by atoms with Gasteiger partial charge in [0.25, 0.3) is 0 Å². The SMILES string of the molecule is Nc1ccc(CN2CCC(c3ccccc3)C2)c(F)c1. The van der Waals surface area contributed by atoms with Gasteiger partial charge < -0.3 is 5.73 Å². The Morgan fingerprint density at radius 3 is 2.70 bits per heavy atom. The Morgan fingerprint density at radius 1 is 1.15 bits per heavy atom. The summed E-state index contributed by atoms with van der Waals surface area (Å²) in [6.07, 6.45) is 1.14. The van der Waals surface area contributed by atoms with E-state index in [0.29, 0.717) is 18.2 Å². The van der Waals surface area contributed by atoms with E-state index in [4.69, 9.17) is 5.73 Å². The number of anilines is 1. The van der Waals surface area contributed by atoms with Crippen LogP contribution < -0.4 is 5.73 Å². The van der Waals surface area contributed by atoms with Crippen LogP contribution in [0, 0.1) is 5.82 Å². The van der Waals surface area contributed by atoms with Crippen LogP contribution in [0.15, 0.2) is 48.5 Å². The predicted molar refractivity (Wildman–Crippen MR) is 79.9 cm³/mol. The molecular formula is C17H19FN2. The quantitative estimate of drug-likeness (QED) is 0.866. The van der Waals surface area contributed by atoms with E-state index in [-0.39, 0.29) is 5.82 Å². The summed E-state index contributed by atoms with van der Waals surface area (Å²) in [5.41, 5.74) is 8.17. The van der Waals surface area contributed by atoms with Crippen molar-refractivity contribution < 1.29 is 4.39 Å². The van der Waals surface area contributed by atoms with Crippen molar-refractivity contribution in [1.82, 2.24) is 4.90 Å². The maximum absolute atomic E-state index is 13.8. The van der Waals surface area contributed by atoms with E-state index >= 15 is 0 Å². The van der Waals surface area contributed by atoms with Gasteiger partial charge in [-0.1, -0.05) is 36.4 Å². The molecule has 1 saturated heterocycles. The molecule has 0 aliphatic carbocycles. The Labute approximate surface area is 119 Å². The van der Waals surface area contributed by atoms with Gasteiger partial charge in [0.05, 0.1) is 0 Å². The molecule has 1 aliphatic heterocycles. The van der Waals surface area contributed by atoms with Crippen LogP contribution in [0.1, 0.15) is 23.5 Å². The molecule has 0 aromatic heterocycles. The van der Waals surface area contributed by atoms with Crippen LogP contribution in [0.3, 0.4) is 0 Å². The van der Waals surface area contributed by atoms with E-state index in [9.17, 15) is 4.39 Å². The van der Waals surface area contributed by atoms with E-state index < -0.39 is 0 Å². The second kappa shape index (κ2) is 5.63. The maximum atomic E-state index is 13.8. The van der Waals surface area contributed by atoms with Crippen molar-refractivity contribution in [2.24, 2.45) is 0 Å². The summed E-state index contributed by atoms with van der Waals surface area (Å²) in [6, 6.07) is 15.5. The molecule has 3 rings (SSSR count). The number of likely N-dealkylation sites (tertiary alicyclic amines) is 1. The van der Waals surface area contributed by atoms with E-state index in [1.165, 1.54) is 11.6 Å². The van der Waals surface area contributed by atoms with Gasteiger partial charge in [-0.15, -0.1) is 0 Å². The number of nitrogens with two attached hydrogens (primary N) is 1. The van der Waals surface area contributed by atoms with Gasteiger partial charge >= 0.3 is 0 Å². The highest BCUT2D eigenvalue weighted by atomic mass is 19.1. The minimum atomic E-state index is -0.201. The lowest BCUT2D eigenvalue weighted by molar-refractivity contribution is 0.321. The van der Waals surface area contributed by atoms with Gasteiger partial charge in [0, 0.05) is 24.3 Å². The summed E-state index contributed by atoms with van der Waals surface area (Å²) in [4.78, 5) is 2.31. The molecule has 20 heavy (non-hydrogen) atoms. The lowest BCUT2D eigenvalue weighted by Crippen LogP contribution is -2.20. The Morgan fingerprint density at radius 2 is 1.95 bits per heavy atom. The lowest BCUT2D eigenvalue weighted by Gasteiger charge is -2.17. The second-order valence-corrected chi connectivity index (χ2v) is 5.48. The van der Waals surface area contributed by atoms with E-state index in [1.54, 1.807) is 12.1 Å².